The third-order valence-corrected chi connectivity index (χ3v) is 0. The summed E-state index contributed by atoms with van der Waals surface area (Å²) >= 11 is 0. The molecule has 0 aliphatic rings. The van der Waals surface area contributed by atoms with Crippen molar-refractivity contribution in [1.82, 2.24) is 0 Å². The van der Waals surface area contributed by atoms with Crippen LogP contribution in [0.5, 0.6) is 0 Å². The van der Waals surface area contributed by atoms with E-state index in [9.17, 15) is 0 Å². The number of rotatable bonds is 0. The van der Waals surface area contributed by atoms with Gasteiger partial charge >= 0.3 is 37.7 Å². The summed E-state index contributed by atoms with van der Waals surface area (Å²) in [7, 11) is 0. The Bertz CT molecular complexity index is 3.90. The first-order valence-electron chi connectivity index (χ1n) is 0. The zero-order valence-electron chi connectivity index (χ0n) is 2.69. The van der Waals surface area contributed by atoms with Crippen LogP contribution < -0.4 is 24.8 Å². The molecule has 0 spiro atoms. The first-order valence-corrected chi connectivity index (χ1v) is 0. The van der Waals surface area contributed by atoms with E-state index < -0.39 is 0 Å². The SMILES string of the molecule is Cl.Cl.Cl.[Ca+2].[Cl-].[Cl-]. The third kappa shape index (κ3) is 29.8. The van der Waals surface area contributed by atoms with Crippen molar-refractivity contribution in [2.45, 2.75) is 0 Å². The Labute approximate surface area is 98.2 Å². The zero-order chi connectivity index (χ0) is 0. The van der Waals surface area contributed by atoms with Crippen LogP contribution in [0, 0.1) is 0 Å². The molecule has 0 aromatic carbocycles. The van der Waals surface area contributed by atoms with E-state index in [1.54, 1.807) is 0 Å². The molecular weight excluding hydrogens is 217 g/mol. The fourth-order valence-corrected chi connectivity index (χ4v) is 0. The van der Waals surface area contributed by atoms with Crippen molar-refractivity contribution in [3.8, 4) is 0 Å². The van der Waals surface area contributed by atoms with Gasteiger partial charge in [0.05, 0.1) is 0 Å². The molecule has 0 unspecified atom stereocenters. The Morgan fingerprint density at radius 1 is 0.500 bits per heavy atom. The van der Waals surface area contributed by atoms with Crippen LogP contribution in [-0.4, -0.2) is 37.7 Å². The van der Waals surface area contributed by atoms with Gasteiger partial charge in [0.15, 0.2) is 0 Å². The molecule has 6 heavy (non-hydrogen) atoms. The number of halogens is 5. The van der Waals surface area contributed by atoms with Crippen LogP contribution in [0.4, 0.5) is 0 Å². The standard InChI is InChI=1S/Ca.5ClH/h;5*1H/q+2;;;;;/p-2. The van der Waals surface area contributed by atoms with Crippen LogP contribution in [0.25, 0.3) is 0 Å². The zero-order valence-corrected chi connectivity index (χ0v) is 8.86. The van der Waals surface area contributed by atoms with Gasteiger partial charge in [-0.1, -0.05) is 0 Å². The van der Waals surface area contributed by atoms with Gasteiger partial charge in [-0.25, -0.2) is 0 Å². The van der Waals surface area contributed by atoms with Crippen LogP contribution in [-0.2, 0) is 0 Å². The monoisotopic (exact) mass is 218 g/mol. The van der Waals surface area contributed by atoms with Crippen LogP contribution >= 0.6 is 37.2 Å². The van der Waals surface area contributed by atoms with E-state index in [0.717, 1.165) is 0 Å². The minimum absolute atomic E-state index is 0. The predicted molar refractivity (Wildman–Crippen MR) is 27.5 cm³/mol. The Morgan fingerprint density at radius 3 is 0.500 bits per heavy atom. The molecule has 0 aromatic heterocycles. The molecule has 0 rings (SSSR count). The van der Waals surface area contributed by atoms with Crippen LogP contribution in [0.15, 0.2) is 0 Å². The van der Waals surface area contributed by atoms with Crippen molar-refractivity contribution >= 4 is 75.0 Å². The summed E-state index contributed by atoms with van der Waals surface area (Å²) in [4.78, 5) is 0. The molecule has 0 aliphatic carbocycles. The van der Waals surface area contributed by atoms with Gasteiger partial charge in [0.2, 0.25) is 0 Å². The van der Waals surface area contributed by atoms with Crippen LogP contribution in [0.1, 0.15) is 0 Å². The number of hydrogen-bond donors (Lipinski definition) is 0. The summed E-state index contributed by atoms with van der Waals surface area (Å²) in [6, 6.07) is 0. The maximum atomic E-state index is 0. The maximum Gasteiger partial charge on any atom is 2.00 e. The molecule has 0 saturated carbocycles. The van der Waals surface area contributed by atoms with E-state index in [2.05, 4.69) is 0 Å². The fourth-order valence-electron chi connectivity index (χ4n) is 0. The fraction of sp³-hybridized carbons (Fsp3) is 0. The molecular formula is H3CaCl5. The largest absolute Gasteiger partial charge is 2.00 e. The summed E-state index contributed by atoms with van der Waals surface area (Å²) in [5.41, 5.74) is 0. The summed E-state index contributed by atoms with van der Waals surface area (Å²) < 4.78 is 0. The molecule has 0 saturated heterocycles. The molecule has 0 amide bonds. The minimum Gasteiger partial charge on any atom is -1.00 e. The average molecular weight is 220 g/mol. The second kappa shape index (κ2) is 47.3. The molecule has 6 heteroatoms. The first kappa shape index (κ1) is 70.5. The van der Waals surface area contributed by atoms with Gasteiger partial charge in [-0.3, -0.25) is 0 Å². The van der Waals surface area contributed by atoms with Gasteiger partial charge in [0.1, 0.15) is 0 Å². The van der Waals surface area contributed by atoms with Crippen molar-refractivity contribution < 1.29 is 24.8 Å². The van der Waals surface area contributed by atoms with E-state index in [-0.39, 0.29) is 99.8 Å². The Hall–Kier alpha value is 2.71. The molecule has 0 N–H and O–H groups in total. The van der Waals surface area contributed by atoms with Crippen molar-refractivity contribution in [2.24, 2.45) is 0 Å². The Kier molecular flexibility index (Phi) is 555. The van der Waals surface area contributed by atoms with E-state index in [1.165, 1.54) is 0 Å². The molecule has 0 atom stereocenters. The second-order valence-electron chi connectivity index (χ2n) is 0. The van der Waals surface area contributed by atoms with Gasteiger partial charge < -0.3 is 24.8 Å². The molecule has 0 nitrogen and oxygen atoms in total. The normalized spacial score (nSPS) is 0. The summed E-state index contributed by atoms with van der Waals surface area (Å²) in [6.07, 6.45) is 0. The summed E-state index contributed by atoms with van der Waals surface area (Å²) in [5.74, 6) is 0. The average Bonchev–Trinajstić information content (AvgIpc) is 0. The quantitative estimate of drug-likeness (QED) is 0.358. The van der Waals surface area contributed by atoms with E-state index >= 15 is 0 Å². The van der Waals surface area contributed by atoms with Crippen molar-refractivity contribution in [2.75, 3.05) is 0 Å². The Balaban J connectivity index is 0. The van der Waals surface area contributed by atoms with Gasteiger partial charge in [-0.2, -0.15) is 0 Å². The van der Waals surface area contributed by atoms with Crippen LogP contribution in [0.2, 0.25) is 0 Å². The molecule has 0 bridgehead atoms. The Morgan fingerprint density at radius 2 is 0.500 bits per heavy atom. The summed E-state index contributed by atoms with van der Waals surface area (Å²) in [5, 5.41) is 0. The van der Waals surface area contributed by atoms with Crippen LogP contribution in [0.3, 0.4) is 0 Å². The van der Waals surface area contributed by atoms with Crippen molar-refractivity contribution in [3.63, 3.8) is 0 Å². The number of hydrogen-bond acceptors (Lipinski definition) is 0. The van der Waals surface area contributed by atoms with Crippen molar-refractivity contribution in [3.05, 3.63) is 0 Å². The van der Waals surface area contributed by atoms with Gasteiger partial charge in [0.25, 0.3) is 0 Å². The van der Waals surface area contributed by atoms with Gasteiger partial charge in [-0.15, -0.1) is 37.2 Å². The van der Waals surface area contributed by atoms with E-state index in [4.69, 9.17) is 0 Å². The van der Waals surface area contributed by atoms with E-state index in [0.29, 0.717) is 0 Å². The summed E-state index contributed by atoms with van der Waals surface area (Å²) in [6.45, 7) is 0. The predicted octanol–water partition coefficient (Wildman–Crippen LogP) is -5.11. The molecule has 0 radical (unpaired) electrons. The van der Waals surface area contributed by atoms with Gasteiger partial charge in [-0.05, 0) is 0 Å². The molecule has 0 aromatic rings. The molecule has 0 heterocycles. The second-order valence-corrected chi connectivity index (χ2v) is 0. The van der Waals surface area contributed by atoms with Gasteiger partial charge in [0, 0.05) is 0 Å². The smallest absolute Gasteiger partial charge is 1.00 e. The van der Waals surface area contributed by atoms with E-state index in [1.807, 2.05) is 0 Å². The topological polar surface area (TPSA) is 0 Å². The maximum absolute atomic E-state index is 0. The molecule has 0 fully saturated rings. The van der Waals surface area contributed by atoms with Crippen molar-refractivity contribution in [1.29, 1.82) is 0 Å². The first-order chi connectivity index (χ1) is 0. The third-order valence-electron chi connectivity index (χ3n) is 0. The molecule has 0 aliphatic heterocycles. The minimum atomic E-state index is 0. The molecule has 40 valence electrons.